The molecule has 1 aromatic carbocycles. The first-order valence-electron chi connectivity index (χ1n) is 4.92. The third-order valence-electron chi connectivity index (χ3n) is 1.84. The molecule has 0 fully saturated rings. The molecule has 0 saturated heterocycles. The van der Waals surface area contributed by atoms with Gasteiger partial charge in [0, 0.05) is 12.6 Å². The van der Waals surface area contributed by atoms with E-state index < -0.39 is 0 Å². The fourth-order valence-electron chi connectivity index (χ4n) is 1.07. The molecular formula is C12H16N2O. The highest BCUT2D eigenvalue weighted by Crippen LogP contribution is 2.09. The number of hydrogen-bond donors (Lipinski definition) is 1. The molecule has 1 N–H and O–H groups in total. The minimum atomic E-state index is -0.132. The molecule has 1 aromatic rings. The number of aryl methyl sites for hydroxylation is 1. The summed E-state index contributed by atoms with van der Waals surface area (Å²) < 4.78 is 0. The number of nitriles is 1. The lowest BCUT2D eigenvalue weighted by Crippen LogP contribution is -2.17. The van der Waals surface area contributed by atoms with Crippen molar-refractivity contribution in [3.05, 3.63) is 34.9 Å². The van der Waals surface area contributed by atoms with E-state index in [1.54, 1.807) is 25.2 Å². The van der Waals surface area contributed by atoms with Gasteiger partial charge in [-0.2, -0.15) is 5.26 Å². The average Bonchev–Trinajstić information content (AvgIpc) is 2.30. The summed E-state index contributed by atoms with van der Waals surface area (Å²) in [6.45, 7) is 5.81. The van der Waals surface area contributed by atoms with E-state index in [4.69, 9.17) is 5.26 Å². The second-order valence-corrected chi connectivity index (χ2v) is 2.72. The van der Waals surface area contributed by atoms with Crippen LogP contribution in [0.4, 0.5) is 0 Å². The van der Waals surface area contributed by atoms with E-state index in [0.717, 1.165) is 5.56 Å². The molecule has 0 unspecified atom stereocenters. The number of benzene rings is 1. The molecule has 0 aliphatic heterocycles. The first-order chi connectivity index (χ1) is 7.19. The monoisotopic (exact) mass is 204 g/mol. The molecule has 3 heteroatoms. The van der Waals surface area contributed by atoms with Crippen LogP contribution in [0.2, 0.25) is 0 Å². The molecule has 0 radical (unpaired) electrons. The SMILES string of the molecule is CC.CNC(=O)c1ccc(C#N)c(C)c1. The van der Waals surface area contributed by atoms with Crippen molar-refractivity contribution in [2.75, 3.05) is 7.05 Å². The van der Waals surface area contributed by atoms with Crippen LogP contribution in [0.3, 0.4) is 0 Å². The van der Waals surface area contributed by atoms with E-state index >= 15 is 0 Å². The molecule has 1 rings (SSSR count). The predicted octanol–water partition coefficient (Wildman–Crippen LogP) is 2.25. The molecule has 0 saturated carbocycles. The number of nitrogens with one attached hydrogen (secondary N) is 1. The van der Waals surface area contributed by atoms with Crippen LogP contribution >= 0.6 is 0 Å². The van der Waals surface area contributed by atoms with Gasteiger partial charge in [0.05, 0.1) is 11.6 Å². The van der Waals surface area contributed by atoms with Gasteiger partial charge < -0.3 is 5.32 Å². The van der Waals surface area contributed by atoms with Crippen molar-refractivity contribution in [1.29, 1.82) is 5.26 Å². The Hall–Kier alpha value is -1.82. The molecule has 0 aliphatic carbocycles. The summed E-state index contributed by atoms with van der Waals surface area (Å²) in [6, 6.07) is 7.05. The Morgan fingerprint density at radius 3 is 2.40 bits per heavy atom. The second kappa shape index (κ2) is 6.61. The van der Waals surface area contributed by atoms with Crippen molar-refractivity contribution in [2.45, 2.75) is 20.8 Å². The van der Waals surface area contributed by atoms with Crippen molar-refractivity contribution in [3.63, 3.8) is 0 Å². The summed E-state index contributed by atoms with van der Waals surface area (Å²) in [6.07, 6.45) is 0. The van der Waals surface area contributed by atoms with Gasteiger partial charge in [0.25, 0.3) is 5.91 Å². The maximum absolute atomic E-state index is 11.2. The molecule has 3 nitrogen and oxygen atoms in total. The van der Waals surface area contributed by atoms with Gasteiger partial charge in [-0.25, -0.2) is 0 Å². The molecular weight excluding hydrogens is 188 g/mol. The highest BCUT2D eigenvalue weighted by Gasteiger charge is 2.04. The molecule has 0 spiro atoms. The Labute approximate surface area is 90.7 Å². The Kier molecular flexibility index (Phi) is 5.81. The second-order valence-electron chi connectivity index (χ2n) is 2.72. The van der Waals surface area contributed by atoms with E-state index in [-0.39, 0.29) is 5.91 Å². The maximum Gasteiger partial charge on any atom is 0.251 e. The van der Waals surface area contributed by atoms with E-state index in [9.17, 15) is 4.79 Å². The average molecular weight is 204 g/mol. The number of nitrogens with zero attached hydrogens (tertiary/aromatic N) is 1. The van der Waals surface area contributed by atoms with Gasteiger partial charge in [-0.1, -0.05) is 13.8 Å². The lowest BCUT2D eigenvalue weighted by molar-refractivity contribution is 0.0963. The van der Waals surface area contributed by atoms with Crippen molar-refractivity contribution in [3.8, 4) is 6.07 Å². The summed E-state index contributed by atoms with van der Waals surface area (Å²) in [7, 11) is 1.58. The van der Waals surface area contributed by atoms with Crippen LogP contribution in [0.25, 0.3) is 0 Å². The zero-order valence-corrected chi connectivity index (χ0v) is 9.59. The summed E-state index contributed by atoms with van der Waals surface area (Å²) in [5.41, 5.74) is 2.01. The van der Waals surface area contributed by atoms with Crippen LogP contribution in [-0.4, -0.2) is 13.0 Å². The Balaban J connectivity index is 0.000000921. The van der Waals surface area contributed by atoms with E-state index in [1.165, 1.54) is 0 Å². The summed E-state index contributed by atoms with van der Waals surface area (Å²) >= 11 is 0. The first kappa shape index (κ1) is 13.2. The zero-order valence-electron chi connectivity index (χ0n) is 9.59. The lowest BCUT2D eigenvalue weighted by atomic mass is 10.1. The smallest absolute Gasteiger partial charge is 0.251 e. The molecule has 0 bridgehead atoms. The molecule has 0 aliphatic rings. The van der Waals surface area contributed by atoms with E-state index in [0.29, 0.717) is 11.1 Å². The molecule has 0 atom stereocenters. The van der Waals surface area contributed by atoms with Crippen LogP contribution in [0.1, 0.15) is 35.3 Å². The first-order valence-corrected chi connectivity index (χ1v) is 4.92. The molecule has 1 amide bonds. The number of amides is 1. The number of carbonyl (C=O) groups is 1. The van der Waals surface area contributed by atoms with Crippen LogP contribution in [-0.2, 0) is 0 Å². The highest BCUT2D eigenvalue weighted by atomic mass is 16.1. The van der Waals surface area contributed by atoms with Crippen LogP contribution in [0.15, 0.2) is 18.2 Å². The van der Waals surface area contributed by atoms with Crippen molar-refractivity contribution in [1.82, 2.24) is 5.32 Å². The van der Waals surface area contributed by atoms with Gasteiger partial charge >= 0.3 is 0 Å². The fraction of sp³-hybridized carbons (Fsp3) is 0.333. The van der Waals surface area contributed by atoms with Gasteiger partial charge in [0.2, 0.25) is 0 Å². The number of hydrogen-bond acceptors (Lipinski definition) is 2. The van der Waals surface area contributed by atoms with Gasteiger partial charge in [-0.3, -0.25) is 4.79 Å². The van der Waals surface area contributed by atoms with Crippen molar-refractivity contribution < 1.29 is 4.79 Å². The standard InChI is InChI=1S/C10H10N2O.C2H6/c1-7-5-8(10(13)12-2)3-4-9(7)6-11;1-2/h3-5H,1-2H3,(H,12,13);1-2H3. The van der Waals surface area contributed by atoms with Gasteiger partial charge in [-0.15, -0.1) is 0 Å². The van der Waals surface area contributed by atoms with Crippen LogP contribution in [0.5, 0.6) is 0 Å². The Morgan fingerprint density at radius 1 is 1.40 bits per heavy atom. The minimum Gasteiger partial charge on any atom is -0.355 e. The fourth-order valence-corrected chi connectivity index (χ4v) is 1.07. The molecule has 0 aromatic heterocycles. The van der Waals surface area contributed by atoms with Crippen LogP contribution < -0.4 is 5.32 Å². The third-order valence-corrected chi connectivity index (χ3v) is 1.84. The largest absolute Gasteiger partial charge is 0.355 e. The zero-order chi connectivity index (χ0) is 11.8. The summed E-state index contributed by atoms with van der Waals surface area (Å²) in [5, 5.41) is 11.2. The highest BCUT2D eigenvalue weighted by molar-refractivity contribution is 5.94. The van der Waals surface area contributed by atoms with Gasteiger partial charge in [0.1, 0.15) is 0 Å². The predicted molar refractivity (Wildman–Crippen MR) is 60.6 cm³/mol. The third kappa shape index (κ3) is 3.43. The lowest BCUT2D eigenvalue weighted by Gasteiger charge is -2.01. The summed E-state index contributed by atoms with van der Waals surface area (Å²) in [4.78, 5) is 11.2. The molecule has 15 heavy (non-hydrogen) atoms. The molecule has 80 valence electrons. The molecule has 0 heterocycles. The Morgan fingerprint density at radius 2 is 2.00 bits per heavy atom. The maximum atomic E-state index is 11.2. The minimum absolute atomic E-state index is 0.132. The van der Waals surface area contributed by atoms with Gasteiger partial charge in [-0.05, 0) is 30.7 Å². The number of rotatable bonds is 1. The number of carbonyl (C=O) groups excluding carboxylic acids is 1. The van der Waals surface area contributed by atoms with Gasteiger partial charge in [0.15, 0.2) is 0 Å². The van der Waals surface area contributed by atoms with Crippen LogP contribution in [0, 0.1) is 18.3 Å². The van der Waals surface area contributed by atoms with Crippen molar-refractivity contribution in [2.24, 2.45) is 0 Å². The van der Waals surface area contributed by atoms with E-state index in [1.807, 2.05) is 26.8 Å². The topological polar surface area (TPSA) is 52.9 Å². The summed E-state index contributed by atoms with van der Waals surface area (Å²) in [5.74, 6) is -0.132. The Bertz CT molecular complexity index is 378. The quantitative estimate of drug-likeness (QED) is 0.762. The van der Waals surface area contributed by atoms with E-state index in [2.05, 4.69) is 5.32 Å². The van der Waals surface area contributed by atoms with Crippen molar-refractivity contribution >= 4 is 5.91 Å². The normalized spacial score (nSPS) is 8.20.